The average molecular weight is 544 g/mol. The third-order valence-corrected chi connectivity index (χ3v) is 5.40. The van der Waals surface area contributed by atoms with Crippen LogP contribution >= 0.6 is 45.2 Å². The second-order valence-electron chi connectivity index (χ2n) is 4.42. The molecule has 0 amide bonds. The zero-order chi connectivity index (χ0) is 16.5. The molecule has 0 aromatic heterocycles. The van der Waals surface area contributed by atoms with E-state index >= 15 is 0 Å². The Morgan fingerprint density at radius 3 is 2.27 bits per heavy atom. The highest BCUT2D eigenvalue weighted by Gasteiger charge is 2.23. The van der Waals surface area contributed by atoms with Crippen molar-refractivity contribution in [2.75, 3.05) is 0 Å². The van der Waals surface area contributed by atoms with Gasteiger partial charge >= 0.3 is 16.1 Å². The highest BCUT2D eigenvalue weighted by atomic mass is 127. The van der Waals surface area contributed by atoms with Gasteiger partial charge in [0, 0.05) is 3.57 Å². The largest absolute Gasteiger partial charge is 0.478 e. The van der Waals surface area contributed by atoms with E-state index in [1.165, 1.54) is 18.2 Å². The summed E-state index contributed by atoms with van der Waals surface area (Å²) in [5, 5.41) is 9.24. The molecule has 0 aliphatic carbocycles. The first-order valence-electron chi connectivity index (χ1n) is 5.94. The lowest BCUT2D eigenvalue weighted by Gasteiger charge is -2.12. The molecule has 0 saturated heterocycles. The Labute approximate surface area is 155 Å². The van der Waals surface area contributed by atoms with Crippen LogP contribution in [0.1, 0.15) is 15.9 Å². The van der Waals surface area contributed by atoms with Crippen molar-refractivity contribution in [3.05, 3.63) is 54.7 Å². The van der Waals surface area contributed by atoms with Crippen LogP contribution in [0.3, 0.4) is 0 Å². The Balaban J connectivity index is 2.50. The number of carbonyl (C=O) groups is 1. The number of carboxylic acid groups (broad SMARTS) is 1. The van der Waals surface area contributed by atoms with E-state index < -0.39 is 16.1 Å². The molecule has 0 radical (unpaired) electrons. The summed E-state index contributed by atoms with van der Waals surface area (Å²) in [5.41, 5.74) is 0.723. The van der Waals surface area contributed by atoms with Crippen molar-refractivity contribution >= 4 is 61.3 Å². The topological polar surface area (TPSA) is 80.7 Å². The third-order valence-electron chi connectivity index (χ3n) is 2.74. The second kappa shape index (κ2) is 6.71. The second-order valence-corrected chi connectivity index (χ2v) is 8.37. The molecule has 0 atom stereocenters. The molecule has 0 aliphatic heterocycles. The number of benzene rings is 2. The van der Waals surface area contributed by atoms with Crippen molar-refractivity contribution in [3.63, 3.8) is 0 Å². The minimum absolute atomic E-state index is 0.0243. The maximum atomic E-state index is 12.3. The van der Waals surface area contributed by atoms with Crippen LogP contribution in [-0.4, -0.2) is 19.5 Å². The Kier molecular flexibility index (Phi) is 5.33. The quantitative estimate of drug-likeness (QED) is 0.470. The van der Waals surface area contributed by atoms with Crippen molar-refractivity contribution in [1.82, 2.24) is 0 Å². The monoisotopic (exact) mass is 544 g/mol. The normalized spacial score (nSPS) is 11.2. The van der Waals surface area contributed by atoms with Gasteiger partial charge in [0.05, 0.1) is 3.57 Å². The predicted molar refractivity (Wildman–Crippen MR) is 97.8 cm³/mol. The molecule has 1 N–H and O–H groups in total. The van der Waals surface area contributed by atoms with Gasteiger partial charge in [-0.25, -0.2) is 4.79 Å². The summed E-state index contributed by atoms with van der Waals surface area (Å²) in [4.78, 5) is 11.3. The number of aryl methyl sites for hydroxylation is 1. The molecule has 2 aromatic carbocycles. The van der Waals surface area contributed by atoms with Crippen LogP contribution < -0.4 is 4.18 Å². The average Bonchev–Trinajstić information content (AvgIpc) is 2.41. The molecule has 5 nitrogen and oxygen atoms in total. The first-order chi connectivity index (χ1) is 10.2. The zero-order valence-electron chi connectivity index (χ0n) is 11.2. The van der Waals surface area contributed by atoms with E-state index in [9.17, 15) is 18.3 Å². The fourth-order valence-corrected chi connectivity index (χ4v) is 4.74. The van der Waals surface area contributed by atoms with Crippen LogP contribution in [0.15, 0.2) is 41.3 Å². The van der Waals surface area contributed by atoms with Crippen molar-refractivity contribution < 1.29 is 22.5 Å². The SMILES string of the molecule is Cc1ccc(S(=O)(=O)Oc2c(I)cc(I)cc2C(=O)O)cc1. The molecule has 0 heterocycles. The molecule has 0 saturated carbocycles. The molecule has 116 valence electrons. The van der Waals surface area contributed by atoms with Crippen LogP contribution in [0.2, 0.25) is 0 Å². The van der Waals surface area contributed by atoms with Gasteiger partial charge in [-0.05, 0) is 76.4 Å². The summed E-state index contributed by atoms with van der Waals surface area (Å²) in [7, 11) is -4.09. The van der Waals surface area contributed by atoms with Gasteiger partial charge in [-0.2, -0.15) is 8.42 Å². The molecule has 0 bridgehead atoms. The van der Waals surface area contributed by atoms with Gasteiger partial charge in [0.2, 0.25) is 0 Å². The first kappa shape index (κ1) is 17.5. The van der Waals surface area contributed by atoms with Crippen LogP contribution in [0, 0.1) is 14.1 Å². The lowest BCUT2D eigenvalue weighted by molar-refractivity contribution is 0.0695. The molecule has 2 rings (SSSR count). The van der Waals surface area contributed by atoms with Gasteiger partial charge in [0.25, 0.3) is 0 Å². The number of carboxylic acids is 1. The minimum Gasteiger partial charge on any atom is -0.478 e. The number of hydrogen-bond acceptors (Lipinski definition) is 4. The number of hydrogen-bond donors (Lipinski definition) is 1. The zero-order valence-corrected chi connectivity index (χ0v) is 16.3. The van der Waals surface area contributed by atoms with Crippen LogP contribution in [-0.2, 0) is 10.1 Å². The van der Waals surface area contributed by atoms with Crippen LogP contribution in [0.4, 0.5) is 0 Å². The minimum atomic E-state index is -4.09. The predicted octanol–water partition coefficient (Wildman–Crippen LogP) is 3.67. The van der Waals surface area contributed by atoms with Gasteiger partial charge < -0.3 is 9.29 Å². The number of rotatable bonds is 4. The molecule has 0 spiro atoms. The van der Waals surface area contributed by atoms with Crippen LogP contribution in [0.25, 0.3) is 0 Å². The fourth-order valence-electron chi connectivity index (χ4n) is 1.67. The Hall–Kier alpha value is -0.880. The molecule has 0 aliphatic rings. The Bertz CT molecular complexity index is 829. The summed E-state index contributed by atoms with van der Waals surface area (Å²) in [6, 6.07) is 9.15. The van der Waals surface area contributed by atoms with E-state index in [0.29, 0.717) is 7.14 Å². The standard InChI is InChI=1S/C14H10I2O5S/c1-8-2-4-10(5-3-8)22(19,20)21-13-11(14(17)18)6-9(15)7-12(13)16/h2-7H,1H3,(H,17,18). The van der Waals surface area contributed by atoms with Crippen molar-refractivity contribution in [2.24, 2.45) is 0 Å². The maximum absolute atomic E-state index is 12.3. The van der Waals surface area contributed by atoms with E-state index in [2.05, 4.69) is 0 Å². The van der Waals surface area contributed by atoms with Crippen molar-refractivity contribution in [2.45, 2.75) is 11.8 Å². The third kappa shape index (κ3) is 3.90. The van der Waals surface area contributed by atoms with E-state index in [0.717, 1.165) is 5.56 Å². The number of aromatic carboxylic acids is 1. The van der Waals surface area contributed by atoms with Gasteiger partial charge in [0.15, 0.2) is 5.75 Å². The van der Waals surface area contributed by atoms with E-state index in [1.807, 2.05) is 52.1 Å². The molecule has 2 aromatic rings. The van der Waals surface area contributed by atoms with E-state index in [4.69, 9.17) is 4.18 Å². The lowest BCUT2D eigenvalue weighted by atomic mass is 10.2. The van der Waals surface area contributed by atoms with E-state index in [-0.39, 0.29) is 16.2 Å². The van der Waals surface area contributed by atoms with Gasteiger partial charge in [-0.3, -0.25) is 0 Å². The van der Waals surface area contributed by atoms with Crippen LogP contribution in [0.5, 0.6) is 5.75 Å². The summed E-state index contributed by atoms with van der Waals surface area (Å²) >= 11 is 3.81. The van der Waals surface area contributed by atoms with Crippen molar-refractivity contribution in [1.29, 1.82) is 0 Å². The van der Waals surface area contributed by atoms with Crippen molar-refractivity contribution in [3.8, 4) is 5.75 Å². The first-order valence-corrected chi connectivity index (χ1v) is 9.51. The number of halogens is 2. The molecule has 0 unspecified atom stereocenters. The Morgan fingerprint density at radius 2 is 1.73 bits per heavy atom. The van der Waals surface area contributed by atoms with Gasteiger partial charge in [-0.1, -0.05) is 17.7 Å². The maximum Gasteiger partial charge on any atom is 0.339 e. The summed E-state index contributed by atoms with van der Waals surface area (Å²) in [6.45, 7) is 1.84. The lowest BCUT2D eigenvalue weighted by Crippen LogP contribution is -2.13. The van der Waals surface area contributed by atoms with E-state index in [1.54, 1.807) is 18.2 Å². The van der Waals surface area contributed by atoms with Gasteiger partial charge in [0.1, 0.15) is 10.5 Å². The summed E-state index contributed by atoms with van der Waals surface area (Å²) < 4.78 is 30.8. The molecular weight excluding hydrogens is 534 g/mol. The summed E-state index contributed by atoms with van der Waals surface area (Å²) in [6.07, 6.45) is 0. The van der Waals surface area contributed by atoms with Gasteiger partial charge in [-0.15, -0.1) is 0 Å². The molecule has 22 heavy (non-hydrogen) atoms. The smallest absolute Gasteiger partial charge is 0.339 e. The fraction of sp³-hybridized carbons (Fsp3) is 0.0714. The molecule has 0 fully saturated rings. The highest BCUT2D eigenvalue weighted by Crippen LogP contribution is 2.31. The highest BCUT2D eigenvalue weighted by molar-refractivity contribution is 14.1. The summed E-state index contributed by atoms with van der Waals surface area (Å²) in [5.74, 6) is -1.42. The molecular formula is C14H10I2O5S. The Morgan fingerprint density at radius 1 is 1.14 bits per heavy atom. The molecule has 8 heteroatoms.